The lowest BCUT2D eigenvalue weighted by atomic mass is 9.99. The molecule has 0 spiro atoms. The first-order valence-electron chi connectivity index (χ1n) is 12.0. The van der Waals surface area contributed by atoms with Crippen LogP contribution in [0.5, 0.6) is 0 Å². The fourth-order valence-electron chi connectivity index (χ4n) is 4.65. The highest BCUT2D eigenvalue weighted by Gasteiger charge is 2.36. The molecule has 0 unspecified atom stereocenters. The number of carbonyl (C=O) groups excluding carboxylic acids is 2. The Morgan fingerprint density at radius 3 is 2.32 bits per heavy atom. The fourth-order valence-corrected chi connectivity index (χ4v) is 4.65. The third kappa shape index (κ3) is 5.01. The van der Waals surface area contributed by atoms with Crippen LogP contribution in [0, 0.1) is 0 Å². The van der Waals surface area contributed by atoms with Crippen LogP contribution in [0.15, 0.2) is 71.3 Å². The number of rotatable bonds is 8. The fraction of sp³-hybridized carbons (Fsp3) is 0.357. The molecule has 178 valence electrons. The van der Waals surface area contributed by atoms with Crippen molar-refractivity contribution in [1.29, 1.82) is 0 Å². The highest BCUT2D eigenvalue weighted by atomic mass is 16.3. The number of benzene rings is 2. The molecule has 0 bridgehead atoms. The number of amides is 2. The highest BCUT2D eigenvalue weighted by molar-refractivity contribution is 6.09. The second-order valence-electron chi connectivity index (χ2n) is 9.01. The zero-order chi connectivity index (χ0) is 24.1. The first-order valence-corrected chi connectivity index (χ1v) is 12.0. The normalized spacial score (nSPS) is 14.6. The number of para-hydroxylation sites is 1. The number of carbonyl (C=O) groups is 2. The average Bonchev–Trinajstić information content (AvgIpc) is 3.57. The summed E-state index contributed by atoms with van der Waals surface area (Å²) in [6, 6.07) is 18.2. The minimum atomic E-state index is -0.831. The van der Waals surface area contributed by atoms with Crippen molar-refractivity contribution in [2.24, 2.45) is 0 Å². The topological polar surface area (TPSA) is 65.8 Å². The van der Waals surface area contributed by atoms with E-state index in [1.807, 2.05) is 74.4 Å². The van der Waals surface area contributed by atoms with Crippen LogP contribution in [0.25, 0.3) is 0 Å². The van der Waals surface area contributed by atoms with Crippen molar-refractivity contribution >= 4 is 23.2 Å². The van der Waals surface area contributed by atoms with Gasteiger partial charge in [-0.05, 0) is 60.7 Å². The van der Waals surface area contributed by atoms with Crippen LogP contribution in [0.4, 0.5) is 11.4 Å². The summed E-state index contributed by atoms with van der Waals surface area (Å²) in [6.45, 7) is 2.05. The van der Waals surface area contributed by atoms with Crippen molar-refractivity contribution in [3.63, 3.8) is 0 Å². The van der Waals surface area contributed by atoms with Crippen molar-refractivity contribution in [2.75, 3.05) is 23.9 Å². The number of nitrogens with zero attached hydrogens (tertiary/aromatic N) is 2. The van der Waals surface area contributed by atoms with Crippen molar-refractivity contribution in [3.8, 4) is 0 Å². The van der Waals surface area contributed by atoms with Gasteiger partial charge in [0.15, 0.2) is 5.76 Å². The molecule has 0 radical (unpaired) electrons. The van der Waals surface area contributed by atoms with Crippen LogP contribution in [0.2, 0.25) is 0 Å². The molecule has 1 heterocycles. The van der Waals surface area contributed by atoms with E-state index in [9.17, 15) is 9.59 Å². The van der Waals surface area contributed by atoms with E-state index in [4.69, 9.17) is 4.42 Å². The van der Waals surface area contributed by atoms with E-state index < -0.39 is 6.04 Å². The summed E-state index contributed by atoms with van der Waals surface area (Å²) < 4.78 is 5.49. The number of furan rings is 1. The molecule has 34 heavy (non-hydrogen) atoms. The molecule has 4 rings (SSSR count). The number of anilines is 2. The Morgan fingerprint density at radius 1 is 1.00 bits per heavy atom. The van der Waals surface area contributed by atoms with Crippen molar-refractivity contribution in [3.05, 3.63) is 83.8 Å². The lowest BCUT2D eigenvalue weighted by Crippen LogP contribution is -2.46. The van der Waals surface area contributed by atoms with Gasteiger partial charge in [0.25, 0.3) is 5.91 Å². The second-order valence-corrected chi connectivity index (χ2v) is 9.01. The minimum absolute atomic E-state index is 0.137. The van der Waals surface area contributed by atoms with Gasteiger partial charge in [-0.2, -0.15) is 0 Å². The molecular formula is C28H33N3O3. The number of hydrogen-bond acceptors (Lipinski definition) is 4. The van der Waals surface area contributed by atoms with Gasteiger partial charge < -0.3 is 14.6 Å². The summed E-state index contributed by atoms with van der Waals surface area (Å²) >= 11 is 0. The Bertz CT molecular complexity index is 1100. The third-order valence-electron chi connectivity index (χ3n) is 6.52. The van der Waals surface area contributed by atoms with Crippen molar-refractivity contribution in [2.45, 2.75) is 51.1 Å². The third-order valence-corrected chi connectivity index (χ3v) is 6.52. The Balaban J connectivity index is 1.84. The molecule has 1 atom stereocenters. The maximum atomic E-state index is 13.9. The van der Waals surface area contributed by atoms with Crippen LogP contribution in [0.3, 0.4) is 0 Å². The lowest BCUT2D eigenvalue weighted by molar-refractivity contribution is -0.123. The zero-order valence-corrected chi connectivity index (χ0v) is 20.2. The summed E-state index contributed by atoms with van der Waals surface area (Å²) in [5.74, 6) is -0.307. The summed E-state index contributed by atoms with van der Waals surface area (Å²) in [6.07, 6.45) is 6.37. The number of hydrogen-bond donors (Lipinski definition) is 1. The molecule has 2 amide bonds. The van der Waals surface area contributed by atoms with E-state index in [-0.39, 0.29) is 23.6 Å². The summed E-state index contributed by atoms with van der Waals surface area (Å²) in [4.78, 5) is 31.3. The van der Waals surface area contributed by atoms with Gasteiger partial charge in [0, 0.05) is 31.5 Å². The predicted molar refractivity (Wildman–Crippen MR) is 135 cm³/mol. The van der Waals surface area contributed by atoms with Crippen LogP contribution in [-0.4, -0.2) is 32.0 Å². The molecule has 6 nitrogen and oxygen atoms in total. The van der Waals surface area contributed by atoms with E-state index in [0.717, 1.165) is 54.6 Å². The molecule has 1 aliphatic rings. The van der Waals surface area contributed by atoms with Crippen molar-refractivity contribution in [1.82, 2.24) is 5.32 Å². The van der Waals surface area contributed by atoms with Crippen molar-refractivity contribution < 1.29 is 14.0 Å². The van der Waals surface area contributed by atoms with Gasteiger partial charge in [-0.15, -0.1) is 0 Å². The maximum Gasteiger partial charge on any atom is 0.294 e. The molecule has 2 aromatic carbocycles. The van der Waals surface area contributed by atoms with Crippen LogP contribution < -0.4 is 15.1 Å². The molecule has 1 N–H and O–H groups in total. The van der Waals surface area contributed by atoms with Crippen LogP contribution >= 0.6 is 0 Å². The Morgan fingerprint density at radius 2 is 1.71 bits per heavy atom. The smallest absolute Gasteiger partial charge is 0.294 e. The van der Waals surface area contributed by atoms with E-state index in [0.29, 0.717) is 0 Å². The molecule has 6 heteroatoms. The van der Waals surface area contributed by atoms with E-state index >= 15 is 0 Å². The SMILES string of the molecule is CCc1ccccc1N(C(=O)c1ccco1)[C@H](C(=O)NC1CCCC1)c1ccc(N(C)C)cc1. The summed E-state index contributed by atoms with van der Waals surface area (Å²) in [5, 5.41) is 3.23. The lowest BCUT2D eigenvalue weighted by Gasteiger charge is -2.33. The van der Waals surface area contributed by atoms with Crippen LogP contribution in [0.1, 0.15) is 60.3 Å². The first kappa shape index (κ1) is 23.6. The van der Waals surface area contributed by atoms with Gasteiger partial charge in [-0.3, -0.25) is 14.5 Å². The van der Waals surface area contributed by atoms with Crippen LogP contribution in [-0.2, 0) is 11.2 Å². The molecule has 1 aliphatic carbocycles. The Kier molecular flexibility index (Phi) is 7.36. The van der Waals surface area contributed by atoms with Gasteiger partial charge >= 0.3 is 0 Å². The van der Waals surface area contributed by atoms with E-state index in [1.165, 1.54) is 6.26 Å². The highest BCUT2D eigenvalue weighted by Crippen LogP contribution is 2.34. The van der Waals surface area contributed by atoms with Gasteiger partial charge in [-0.25, -0.2) is 0 Å². The average molecular weight is 460 g/mol. The Labute approximate surface area is 201 Å². The zero-order valence-electron chi connectivity index (χ0n) is 20.2. The van der Waals surface area contributed by atoms with Gasteiger partial charge in [0.05, 0.1) is 6.26 Å². The first-order chi connectivity index (χ1) is 16.5. The number of aryl methyl sites for hydroxylation is 1. The minimum Gasteiger partial charge on any atom is -0.459 e. The Hall–Kier alpha value is -3.54. The quantitative estimate of drug-likeness (QED) is 0.493. The molecule has 1 fully saturated rings. The molecule has 1 aromatic heterocycles. The molecule has 0 saturated heterocycles. The second kappa shape index (κ2) is 10.6. The van der Waals surface area contributed by atoms with Gasteiger partial charge in [0.1, 0.15) is 6.04 Å². The molecular weight excluding hydrogens is 426 g/mol. The largest absolute Gasteiger partial charge is 0.459 e. The monoisotopic (exact) mass is 459 g/mol. The summed E-state index contributed by atoms with van der Waals surface area (Å²) in [7, 11) is 3.95. The van der Waals surface area contributed by atoms with Gasteiger partial charge in [0.2, 0.25) is 5.91 Å². The van der Waals surface area contributed by atoms with E-state index in [2.05, 4.69) is 5.32 Å². The van der Waals surface area contributed by atoms with Gasteiger partial charge in [-0.1, -0.05) is 50.1 Å². The maximum absolute atomic E-state index is 13.9. The predicted octanol–water partition coefficient (Wildman–Crippen LogP) is 5.35. The molecule has 0 aliphatic heterocycles. The molecule has 3 aromatic rings. The molecule has 1 saturated carbocycles. The standard InChI is InChI=1S/C28H33N3O3/c1-4-20-10-5-8-13-24(20)31(28(33)25-14-9-19-34-25)26(27(32)29-22-11-6-7-12-22)21-15-17-23(18-16-21)30(2)3/h5,8-10,13-19,22,26H,4,6-7,11-12H2,1-3H3,(H,29,32)/t26-/m0/s1. The summed E-state index contributed by atoms with van der Waals surface area (Å²) in [5.41, 5.74) is 3.49. The van der Waals surface area contributed by atoms with E-state index in [1.54, 1.807) is 17.0 Å². The number of nitrogens with one attached hydrogen (secondary N) is 1.